The lowest BCUT2D eigenvalue weighted by molar-refractivity contribution is -0.188. The van der Waals surface area contributed by atoms with E-state index >= 15 is 0 Å². The zero-order valence-electron chi connectivity index (χ0n) is 14.7. The molecule has 0 saturated heterocycles. The SMILES string of the molecule is CC(C)OC(Cc1ccc(COc2ccccc2)cc1)(C(=O)O)C(=O)O. The molecule has 6 nitrogen and oxygen atoms in total. The molecule has 2 aromatic carbocycles. The van der Waals surface area contributed by atoms with Gasteiger partial charge in [-0.15, -0.1) is 0 Å². The molecule has 0 aromatic heterocycles. The first-order valence-corrected chi connectivity index (χ1v) is 8.24. The van der Waals surface area contributed by atoms with Gasteiger partial charge in [-0.1, -0.05) is 42.5 Å². The molecule has 0 heterocycles. The number of carbonyl (C=O) groups is 2. The monoisotopic (exact) mass is 358 g/mol. The Morgan fingerprint density at radius 2 is 1.46 bits per heavy atom. The van der Waals surface area contributed by atoms with Crippen molar-refractivity contribution in [2.24, 2.45) is 0 Å². The first-order valence-electron chi connectivity index (χ1n) is 8.24. The van der Waals surface area contributed by atoms with Gasteiger partial charge >= 0.3 is 11.9 Å². The Hall–Kier alpha value is -2.86. The zero-order valence-corrected chi connectivity index (χ0v) is 14.7. The molecule has 0 spiro atoms. The minimum atomic E-state index is -2.31. The Bertz CT molecular complexity index is 723. The number of hydrogen-bond donors (Lipinski definition) is 2. The number of ether oxygens (including phenoxy) is 2. The van der Waals surface area contributed by atoms with E-state index in [4.69, 9.17) is 9.47 Å². The van der Waals surface area contributed by atoms with Gasteiger partial charge < -0.3 is 19.7 Å². The van der Waals surface area contributed by atoms with Gasteiger partial charge in [-0.2, -0.15) is 0 Å². The van der Waals surface area contributed by atoms with Crippen molar-refractivity contribution in [3.63, 3.8) is 0 Å². The molecular weight excluding hydrogens is 336 g/mol. The molecule has 0 amide bonds. The van der Waals surface area contributed by atoms with Crippen LogP contribution in [0.15, 0.2) is 54.6 Å². The Balaban J connectivity index is 2.10. The fourth-order valence-corrected chi connectivity index (χ4v) is 2.51. The van der Waals surface area contributed by atoms with Crippen LogP contribution in [0, 0.1) is 0 Å². The van der Waals surface area contributed by atoms with Gasteiger partial charge in [0.2, 0.25) is 0 Å². The summed E-state index contributed by atoms with van der Waals surface area (Å²) in [6.45, 7) is 3.56. The fourth-order valence-electron chi connectivity index (χ4n) is 2.51. The summed E-state index contributed by atoms with van der Waals surface area (Å²) >= 11 is 0. The molecular formula is C20H22O6. The molecule has 2 N–H and O–H groups in total. The van der Waals surface area contributed by atoms with Gasteiger partial charge in [-0.25, -0.2) is 9.59 Å². The number of carboxylic acids is 2. The molecule has 0 aliphatic rings. The molecule has 26 heavy (non-hydrogen) atoms. The van der Waals surface area contributed by atoms with Crippen LogP contribution < -0.4 is 4.74 Å². The maximum absolute atomic E-state index is 11.6. The third-order valence-corrected chi connectivity index (χ3v) is 3.75. The Kier molecular flexibility index (Phi) is 6.36. The van der Waals surface area contributed by atoms with Gasteiger partial charge in [0, 0.05) is 6.42 Å². The van der Waals surface area contributed by atoms with E-state index in [0.717, 1.165) is 11.3 Å². The van der Waals surface area contributed by atoms with Crippen molar-refractivity contribution in [2.75, 3.05) is 0 Å². The lowest BCUT2D eigenvalue weighted by Gasteiger charge is -2.27. The molecule has 0 aliphatic heterocycles. The summed E-state index contributed by atoms with van der Waals surface area (Å²) in [5.74, 6) is -2.29. The van der Waals surface area contributed by atoms with E-state index in [2.05, 4.69) is 0 Å². The minimum Gasteiger partial charge on any atom is -0.489 e. The third kappa shape index (κ3) is 4.83. The predicted molar refractivity (Wildman–Crippen MR) is 95.1 cm³/mol. The summed E-state index contributed by atoms with van der Waals surface area (Å²) in [5, 5.41) is 18.9. The van der Waals surface area contributed by atoms with Crippen LogP contribution in [0.1, 0.15) is 25.0 Å². The molecule has 0 radical (unpaired) electrons. The molecule has 2 rings (SSSR count). The van der Waals surface area contributed by atoms with E-state index in [1.165, 1.54) is 0 Å². The lowest BCUT2D eigenvalue weighted by atomic mass is 9.93. The summed E-state index contributed by atoms with van der Waals surface area (Å²) in [4.78, 5) is 23.2. The number of hydrogen-bond acceptors (Lipinski definition) is 4. The van der Waals surface area contributed by atoms with Crippen molar-refractivity contribution >= 4 is 11.9 Å². The number of aliphatic carboxylic acids is 2. The van der Waals surface area contributed by atoms with Gasteiger partial charge in [0.05, 0.1) is 6.10 Å². The van der Waals surface area contributed by atoms with E-state index in [9.17, 15) is 19.8 Å². The molecule has 2 aromatic rings. The van der Waals surface area contributed by atoms with Crippen molar-refractivity contribution in [2.45, 2.75) is 38.6 Å². The van der Waals surface area contributed by atoms with Gasteiger partial charge in [0.15, 0.2) is 0 Å². The summed E-state index contributed by atoms with van der Waals surface area (Å²) in [5.41, 5.74) is -0.867. The van der Waals surface area contributed by atoms with Crippen LogP contribution in [0.3, 0.4) is 0 Å². The molecule has 0 atom stereocenters. The number of rotatable bonds is 9. The highest BCUT2D eigenvalue weighted by atomic mass is 16.6. The average Bonchev–Trinajstić information content (AvgIpc) is 2.60. The normalized spacial score (nSPS) is 11.3. The van der Waals surface area contributed by atoms with Crippen LogP contribution in [0.25, 0.3) is 0 Å². The topological polar surface area (TPSA) is 93.1 Å². The summed E-state index contributed by atoms with van der Waals surface area (Å²) < 4.78 is 10.9. The zero-order chi connectivity index (χ0) is 19.2. The Morgan fingerprint density at radius 1 is 0.923 bits per heavy atom. The molecule has 0 bridgehead atoms. The summed E-state index contributed by atoms with van der Waals surface area (Å²) in [7, 11) is 0. The largest absolute Gasteiger partial charge is 0.489 e. The minimum absolute atomic E-state index is 0.268. The molecule has 0 aliphatic carbocycles. The maximum Gasteiger partial charge on any atom is 0.348 e. The van der Waals surface area contributed by atoms with Crippen LogP contribution in [-0.4, -0.2) is 33.9 Å². The van der Waals surface area contributed by atoms with E-state index in [-0.39, 0.29) is 6.42 Å². The molecule has 6 heteroatoms. The van der Waals surface area contributed by atoms with Crippen LogP contribution in [0.4, 0.5) is 0 Å². The predicted octanol–water partition coefficient (Wildman–Crippen LogP) is 3.14. The highest BCUT2D eigenvalue weighted by Crippen LogP contribution is 2.22. The quantitative estimate of drug-likeness (QED) is 0.669. The summed E-state index contributed by atoms with van der Waals surface area (Å²) in [6.07, 6.45) is -0.809. The first-order chi connectivity index (χ1) is 12.3. The number of carboxylic acid groups (broad SMARTS) is 2. The fraction of sp³-hybridized carbons (Fsp3) is 0.300. The van der Waals surface area contributed by atoms with Crippen molar-refractivity contribution in [1.29, 1.82) is 0 Å². The lowest BCUT2D eigenvalue weighted by Crippen LogP contribution is -2.52. The smallest absolute Gasteiger partial charge is 0.348 e. The standard InChI is InChI=1S/C20H22O6/c1-14(2)26-20(18(21)22,19(23)24)12-15-8-10-16(11-9-15)13-25-17-6-4-3-5-7-17/h3-11,14H,12-13H2,1-2H3,(H,21,22)(H,23,24). The van der Waals surface area contributed by atoms with Crippen LogP contribution in [0.5, 0.6) is 5.75 Å². The second kappa shape index (κ2) is 8.49. The summed E-state index contributed by atoms with van der Waals surface area (Å²) in [6, 6.07) is 16.3. The molecule has 0 unspecified atom stereocenters. The van der Waals surface area contributed by atoms with Crippen LogP contribution in [-0.2, 0) is 27.4 Å². The first kappa shape index (κ1) is 19.5. The van der Waals surface area contributed by atoms with Crippen LogP contribution in [0.2, 0.25) is 0 Å². The Morgan fingerprint density at radius 3 is 1.96 bits per heavy atom. The third-order valence-electron chi connectivity index (χ3n) is 3.75. The highest BCUT2D eigenvalue weighted by Gasteiger charge is 2.49. The maximum atomic E-state index is 11.6. The van der Waals surface area contributed by atoms with Gasteiger partial charge in [-0.3, -0.25) is 0 Å². The molecule has 0 saturated carbocycles. The van der Waals surface area contributed by atoms with Gasteiger partial charge in [-0.05, 0) is 37.1 Å². The second-order valence-corrected chi connectivity index (χ2v) is 6.20. The van der Waals surface area contributed by atoms with E-state index < -0.39 is 23.6 Å². The van der Waals surface area contributed by atoms with E-state index in [1.807, 2.05) is 30.3 Å². The highest BCUT2D eigenvalue weighted by molar-refractivity contribution is 6.02. The molecule has 0 fully saturated rings. The van der Waals surface area contributed by atoms with E-state index in [1.54, 1.807) is 38.1 Å². The van der Waals surface area contributed by atoms with Gasteiger partial charge in [0.1, 0.15) is 12.4 Å². The Labute approximate surface area is 152 Å². The number of benzene rings is 2. The average molecular weight is 358 g/mol. The second-order valence-electron chi connectivity index (χ2n) is 6.20. The van der Waals surface area contributed by atoms with Crippen molar-refractivity contribution in [1.82, 2.24) is 0 Å². The van der Waals surface area contributed by atoms with Gasteiger partial charge in [0.25, 0.3) is 5.60 Å². The molecule has 138 valence electrons. The van der Waals surface area contributed by atoms with Crippen LogP contribution >= 0.6 is 0 Å². The van der Waals surface area contributed by atoms with Crippen molar-refractivity contribution in [3.05, 3.63) is 65.7 Å². The number of para-hydroxylation sites is 1. The van der Waals surface area contributed by atoms with Crippen molar-refractivity contribution < 1.29 is 29.3 Å². The van der Waals surface area contributed by atoms with E-state index in [0.29, 0.717) is 12.2 Å². The van der Waals surface area contributed by atoms with Crippen molar-refractivity contribution in [3.8, 4) is 5.75 Å².